The fraction of sp³-hybridized carbons (Fsp3) is 0.600. The molecule has 2 atom stereocenters. The number of hydrogen-bond donors (Lipinski definition) is 0. The first kappa shape index (κ1) is 16.0. The SMILES string of the molecule is O=S(=O)(c1cc(Br)ccc1Br)N1CCCC2CCCCC21. The first-order chi connectivity index (χ1) is 10.00. The maximum atomic E-state index is 13.1. The Morgan fingerprint density at radius 2 is 1.76 bits per heavy atom. The first-order valence-electron chi connectivity index (χ1n) is 7.47. The quantitative estimate of drug-likeness (QED) is 0.681. The molecule has 21 heavy (non-hydrogen) atoms. The lowest BCUT2D eigenvalue weighted by Crippen LogP contribution is -2.49. The van der Waals surface area contributed by atoms with E-state index in [1.165, 1.54) is 19.3 Å². The van der Waals surface area contributed by atoms with Crippen molar-refractivity contribution in [1.29, 1.82) is 0 Å². The van der Waals surface area contributed by atoms with Crippen LogP contribution in [0.15, 0.2) is 32.0 Å². The second-order valence-corrected chi connectivity index (χ2v) is 9.57. The van der Waals surface area contributed by atoms with Gasteiger partial charge < -0.3 is 0 Å². The van der Waals surface area contributed by atoms with Crippen LogP contribution in [0.2, 0.25) is 0 Å². The van der Waals surface area contributed by atoms with Crippen molar-refractivity contribution in [3.63, 3.8) is 0 Å². The lowest BCUT2D eigenvalue weighted by molar-refractivity contribution is 0.129. The molecule has 2 unspecified atom stereocenters. The Bertz CT molecular complexity index is 631. The van der Waals surface area contributed by atoms with Gasteiger partial charge in [-0.25, -0.2) is 8.42 Å². The molecule has 0 N–H and O–H groups in total. The van der Waals surface area contributed by atoms with Crippen molar-refractivity contribution < 1.29 is 8.42 Å². The van der Waals surface area contributed by atoms with Crippen molar-refractivity contribution in [2.24, 2.45) is 5.92 Å². The minimum atomic E-state index is -3.43. The number of hydrogen-bond acceptors (Lipinski definition) is 2. The Kier molecular flexibility index (Phi) is 4.79. The van der Waals surface area contributed by atoms with Crippen LogP contribution in [0.4, 0.5) is 0 Å². The number of rotatable bonds is 2. The van der Waals surface area contributed by atoms with E-state index in [0.29, 0.717) is 21.8 Å². The zero-order valence-electron chi connectivity index (χ0n) is 11.8. The van der Waals surface area contributed by atoms with Crippen LogP contribution in [0.1, 0.15) is 38.5 Å². The summed E-state index contributed by atoms with van der Waals surface area (Å²) in [6, 6.07) is 5.54. The summed E-state index contributed by atoms with van der Waals surface area (Å²) >= 11 is 6.77. The van der Waals surface area contributed by atoms with Crippen molar-refractivity contribution in [2.75, 3.05) is 6.54 Å². The van der Waals surface area contributed by atoms with Gasteiger partial charge in [-0.2, -0.15) is 4.31 Å². The maximum absolute atomic E-state index is 13.1. The molecule has 3 rings (SSSR count). The maximum Gasteiger partial charge on any atom is 0.244 e. The van der Waals surface area contributed by atoms with Gasteiger partial charge in [-0.3, -0.25) is 0 Å². The van der Waals surface area contributed by atoms with Crippen LogP contribution in [0.5, 0.6) is 0 Å². The molecule has 1 aliphatic heterocycles. The predicted octanol–water partition coefficient (Wildman–Crippen LogP) is 4.55. The van der Waals surface area contributed by atoms with Crippen LogP contribution >= 0.6 is 31.9 Å². The molecule has 0 spiro atoms. The third-order valence-corrected chi connectivity index (χ3v) is 8.08. The zero-order chi connectivity index (χ0) is 15.0. The molecule has 0 aromatic heterocycles. The molecule has 3 nitrogen and oxygen atoms in total. The second-order valence-electron chi connectivity index (χ2n) is 5.94. The molecule has 1 heterocycles. The van der Waals surface area contributed by atoms with Crippen molar-refractivity contribution in [1.82, 2.24) is 4.31 Å². The largest absolute Gasteiger partial charge is 0.244 e. The van der Waals surface area contributed by atoms with Gasteiger partial charge in [0.05, 0.1) is 4.90 Å². The average Bonchev–Trinajstić information content (AvgIpc) is 2.49. The Labute approximate surface area is 143 Å². The second kappa shape index (κ2) is 6.30. The third-order valence-electron chi connectivity index (χ3n) is 4.67. The normalized spacial score (nSPS) is 27.3. The molecule has 116 valence electrons. The van der Waals surface area contributed by atoms with Crippen LogP contribution in [0.25, 0.3) is 0 Å². The van der Waals surface area contributed by atoms with Crippen LogP contribution in [0.3, 0.4) is 0 Å². The predicted molar refractivity (Wildman–Crippen MR) is 90.7 cm³/mol. The molecule has 1 aromatic carbocycles. The van der Waals surface area contributed by atoms with Gasteiger partial charge in [0.1, 0.15) is 0 Å². The molecule has 1 aromatic rings. The summed E-state index contributed by atoms with van der Waals surface area (Å²) in [5.74, 6) is 0.549. The van der Waals surface area contributed by atoms with Gasteiger partial charge in [0.25, 0.3) is 0 Å². The van der Waals surface area contributed by atoms with E-state index in [1.54, 1.807) is 16.4 Å². The highest BCUT2D eigenvalue weighted by atomic mass is 79.9. The number of benzene rings is 1. The highest BCUT2D eigenvalue weighted by Gasteiger charge is 2.40. The van der Waals surface area contributed by atoms with Crippen LogP contribution < -0.4 is 0 Å². The van der Waals surface area contributed by atoms with Gasteiger partial charge in [0, 0.05) is 21.5 Å². The van der Waals surface area contributed by atoms with E-state index in [9.17, 15) is 8.42 Å². The topological polar surface area (TPSA) is 37.4 Å². The molecule has 6 heteroatoms. The van der Waals surface area contributed by atoms with Crippen molar-refractivity contribution in [3.8, 4) is 0 Å². The smallest absolute Gasteiger partial charge is 0.207 e. The van der Waals surface area contributed by atoms with Gasteiger partial charge >= 0.3 is 0 Å². The van der Waals surface area contributed by atoms with Crippen LogP contribution in [0, 0.1) is 5.92 Å². The van der Waals surface area contributed by atoms with E-state index in [-0.39, 0.29) is 6.04 Å². The molecule has 0 radical (unpaired) electrons. The highest BCUT2D eigenvalue weighted by molar-refractivity contribution is 9.11. The van der Waals surface area contributed by atoms with E-state index < -0.39 is 10.0 Å². The fourth-order valence-electron chi connectivity index (χ4n) is 3.68. The molecule has 1 saturated heterocycles. The summed E-state index contributed by atoms with van der Waals surface area (Å²) in [7, 11) is -3.43. The monoisotopic (exact) mass is 435 g/mol. The summed E-state index contributed by atoms with van der Waals surface area (Å²) in [6.07, 6.45) is 6.73. The Morgan fingerprint density at radius 3 is 2.57 bits per heavy atom. The van der Waals surface area contributed by atoms with E-state index in [2.05, 4.69) is 31.9 Å². The number of fused-ring (bicyclic) bond motifs is 1. The summed E-state index contributed by atoms with van der Waals surface area (Å²) < 4.78 is 29.4. The molecule has 1 saturated carbocycles. The lowest BCUT2D eigenvalue weighted by Gasteiger charge is -2.43. The fourth-order valence-corrected chi connectivity index (χ4v) is 6.90. The minimum absolute atomic E-state index is 0.198. The standard InChI is InChI=1S/C15H19Br2NO2S/c16-12-7-8-13(17)15(10-12)21(19,20)18-9-3-5-11-4-1-2-6-14(11)18/h7-8,10-11,14H,1-6,9H2. The Hall–Kier alpha value is 0.0900. The average molecular weight is 437 g/mol. The third kappa shape index (κ3) is 3.09. The van der Waals surface area contributed by atoms with E-state index in [0.717, 1.165) is 23.7 Å². The van der Waals surface area contributed by atoms with Crippen LogP contribution in [-0.2, 0) is 10.0 Å². The lowest BCUT2D eigenvalue weighted by atomic mass is 9.79. The number of halogens is 2. The molecule has 2 fully saturated rings. The van der Waals surface area contributed by atoms with E-state index >= 15 is 0 Å². The highest BCUT2D eigenvalue weighted by Crippen LogP contribution is 2.39. The van der Waals surface area contributed by atoms with Crippen molar-refractivity contribution >= 4 is 41.9 Å². The molecular formula is C15H19Br2NO2S. The van der Waals surface area contributed by atoms with Gasteiger partial charge in [0.2, 0.25) is 10.0 Å². The molecule has 2 aliphatic rings. The summed E-state index contributed by atoms with van der Waals surface area (Å²) in [6.45, 7) is 0.655. The summed E-state index contributed by atoms with van der Waals surface area (Å²) in [5, 5.41) is 0. The van der Waals surface area contributed by atoms with Gasteiger partial charge in [-0.15, -0.1) is 0 Å². The molecule has 0 bridgehead atoms. The molecule has 0 amide bonds. The van der Waals surface area contributed by atoms with Gasteiger partial charge in [-0.1, -0.05) is 28.8 Å². The van der Waals surface area contributed by atoms with Gasteiger partial charge in [-0.05, 0) is 65.7 Å². The zero-order valence-corrected chi connectivity index (χ0v) is 15.8. The van der Waals surface area contributed by atoms with E-state index in [4.69, 9.17) is 0 Å². The first-order valence-corrected chi connectivity index (χ1v) is 10.5. The Morgan fingerprint density at radius 1 is 1.05 bits per heavy atom. The Balaban J connectivity index is 1.98. The number of sulfonamides is 1. The van der Waals surface area contributed by atoms with Crippen LogP contribution in [-0.4, -0.2) is 25.3 Å². The van der Waals surface area contributed by atoms with Crippen molar-refractivity contribution in [2.45, 2.75) is 49.5 Å². The summed E-state index contributed by atoms with van der Waals surface area (Å²) in [5.41, 5.74) is 0. The number of piperidine rings is 1. The summed E-state index contributed by atoms with van der Waals surface area (Å²) in [4.78, 5) is 0.378. The minimum Gasteiger partial charge on any atom is -0.207 e. The molecule has 1 aliphatic carbocycles. The van der Waals surface area contributed by atoms with Gasteiger partial charge in [0.15, 0.2) is 0 Å². The van der Waals surface area contributed by atoms with Crippen molar-refractivity contribution in [3.05, 3.63) is 27.1 Å². The number of nitrogens with zero attached hydrogens (tertiary/aromatic N) is 1. The molecular weight excluding hydrogens is 418 g/mol. The van der Waals surface area contributed by atoms with E-state index in [1.807, 2.05) is 6.07 Å².